The number of ether oxygens (including phenoxy) is 1. The van der Waals surface area contributed by atoms with E-state index < -0.39 is 12.6 Å². The molecule has 2 heterocycles. The normalized spacial score (nSPS) is 10.6. The van der Waals surface area contributed by atoms with Gasteiger partial charge in [-0.05, 0) is 43.7 Å². The van der Waals surface area contributed by atoms with Gasteiger partial charge in [0.25, 0.3) is 0 Å². The van der Waals surface area contributed by atoms with Crippen LogP contribution in [0.5, 0.6) is 0 Å². The van der Waals surface area contributed by atoms with Crippen LogP contribution in [0, 0.1) is 6.92 Å². The van der Waals surface area contributed by atoms with Crippen LogP contribution in [0.3, 0.4) is 0 Å². The highest BCUT2D eigenvalue weighted by Crippen LogP contribution is 2.15. The van der Waals surface area contributed by atoms with Crippen LogP contribution in [-0.4, -0.2) is 38.9 Å². The third-order valence-corrected chi connectivity index (χ3v) is 4.08. The van der Waals surface area contributed by atoms with E-state index in [0.29, 0.717) is 29.0 Å². The molecule has 28 heavy (non-hydrogen) atoms. The summed E-state index contributed by atoms with van der Waals surface area (Å²) in [5, 5.41) is 6.95. The summed E-state index contributed by atoms with van der Waals surface area (Å²) in [5.41, 5.74) is 2.09. The molecule has 1 amide bonds. The SMILES string of the molecule is CCCC(=O)Nc1ccc(C(=O)COC(=O)c2c(C)nn3cccnc23)cc1. The Morgan fingerprint density at radius 2 is 1.93 bits per heavy atom. The number of fused-ring (bicyclic) bond motifs is 1. The molecule has 0 radical (unpaired) electrons. The monoisotopic (exact) mass is 380 g/mol. The van der Waals surface area contributed by atoms with Crippen LogP contribution in [0.15, 0.2) is 42.7 Å². The molecule has 0 bridgehead atoms. The Balaban J connectivity index is 1.62. The van der Waals surface area contributed by atoms with Gasteiger partial charge in [-0.1, -0.05) is 6.92 Å². The van der Waals surface area contributed by atoms with Crippen molar-refractivity contribution in [2.45, 2.75) is 26.7 Å². The third-order valence-electron chi connectivity index (χ3n) is 4.08. The standard InChI is InChI=1S/C20H20N4O4/c1-3-5-17(26)22-15-8-6-14(7-9-15)16(25)12-28-20(27)18-13(2)23-24-11-4-10-21-19(18)24/h4,6-11H,3,5,12H2,1-2H3,(H,22,26). The van der Waals surface area contributed by atoms with E-state index in [9.17, 15) is 14.4 Å². The molecule has 0 aliphatic rings. The lowest BCUT2D eigenvalue weighted by molar-refractivity contribution is -0.116. The van der Waals surface area contributed by atoms with Gasteiger partial charge in [-0.15, -0.1) is 0 Å². The zero-order valence-electron chi connectivity index (χ0n) is 15.6. The number of anilines is 1. The number of benzene rings is 1. The largest absolute Gasteiger partial charge is 0.454 e. The number of ketones is 1. The number of rotatable bonds is 7. The van der Waals surface area contributed by atoms with Crippen molar-refractivity contribution < 1.29 is 19.1 Å². The first-order valence-corrected chi connectivity index (χ1v) is 8.89. The number of hydrogen-bond donors (Lipinski definition) is 1. The van der Waals surface area contributed by atoms with Crippen LogP contribution in [-0.2, 0) is 9.53 Å². The van der Waals surface area contributed by atoms with E-state index in [1.165, 1.54) is 4.52 Å². The maximum atomic E-state index is 12.4. The average molecular weight is 380 g/mol. The van der Waals surface area contributed by atoms with Crippen molar-refractivity contribution in [1.82, 2.24) is 14.6 Å². The number of carbonyl (C=O) groups is 3. The topological polar surface area (TPSA) is 103 Å². The number of nitrogens with zero attached hydrogens (tertiary/aromatic N) is 3. The van der Waals surface area contributed by atoms with Crippen LogP contribution in [0.2, 0.25) is 0 Å². The van der Waals surface area contributed by atoms with E-state index in [1.807, 2.05) is 6.92 Å². The van der Waals surface area contributed by atoms with Crippen molar-refractivity contribution in [2.75, 3.05) is 11.9 Å². The molecule has 0 unspecified atom stereocenters. The quantitative estimate of drug-likeness (QED) is 0.499. The Hall–Kier alpha value is -3.55. The van der Waals surface area contributed by atoms with Gasteiger partial charge in [0.15, 0.2) is 18.0 Å². The Labute approximate surface area is 161 Å². The number of Topliss-reactive ketones (excluding diaryl/α,β-unsaturated/α-hetero) is 1. The molecular weight excluding hydrogens is 360 g/mol. The van der Waals surface area contributed by atoms with Gasteiger partial charge < -0.3 is 10.1 Å². The average Bonchev–Trinajstić information content (AvgIpc) is 3.02. The summed E-state index contributed by atoms with van der Waals surface area (Å²) in [4.78, 5) is 40.4. The predicted molar refractivity (Wildman–Crippen MR) is 102 cm³/mol. The molecule has 2 aromatic heterocycles. The molecule has 1 aromatic carbocycles. The van der Waals surface area contributed by atoms with Crippen molar-refractivity contribution in [3.8, 4) is 0 Å². The van der Waals surface area contributed by atoms with E-state index in [1.54, 1.807) is 49.6 Å². The van der Waals surface area contributed by atoms with Crippen molar-refractivity contribution >= 4 is 29.0 Å². The lowest BCUT2D eigenvalue weighted by Crippen LogP contribution is -2.15. The van der Waals surface area contributed by atoms with Gasteiger partial charge in [-0.3, -0.25) is 9.59 Å². The van der Waals surface area contributed by atoms with Crippen molar-refractivity contribution in [3.63, 3.8) is 0 Å². The Morgan fingerprint density at radius 3 is 2.64 bits per heavy atom. The van der Waals surface area contributed by atoms with Gasteiger partial charge >= 0.3 is 5.97 Å². The number of esters is 1. The van der Waals surface area contributed by atoms with E-state index in [0.717, 1.165) is 6.42 Å². The molecule has 1 N–H and O–H groups in total. The summed E-state index contributed by atoms with van der Waals surface area (Å²) >= 11 is 0. The second kappa shape index (κ2) is 8.43. The highest BCUT2D eigenvalue weighted by atomic mass is 16.5. The summed E-state index contributed by atoms with van der Waals surface area (Å²) < 4.78 is 6.65. The number of aryl methyl sites for hydroxylation is 1. The fourth-order valence-electron chi connectivity index (χ4n) is 2.71. The zero-order chi connectivity index (χ0) is 20.1. The summed E-state index contributed by atoms with van der Waals surface area (Å²) in [5.74, 6) is -1.07. The van der Waals surface area contributed by atoms with E-state index >= 15 is 0 Å². The lowest BCUT2D eigenvalue weighted by atomic mass is 10.1. The molecule has 0 aliphatic carbocycles. The van der Waals surface area contributed by atoms with Gasteiger partial charge in [-0.25, -0.2) is 14.3 Å². The van der Waals surface area contributed by atoms with Crippen LogP contribution >= 0.6 is 0 Å². The Bertz CT molecular complexity index is 1020. The Morgan fingerprint density at radius 1 is 1.18 bits per heavy atom. The molecule has 8 heteroatoms. The first-order valence-electron chi connectivity index (χ1n) is 8.89. The Kier molecular flexibility index (Phi) is 5.78. The van der Waals surface area contributed by atoms with Gasteiger partial charge in [-0.2, -0.15) is 5.10 Å². The number of carbonyl (C=O) groups excluding carboxylic acids is 3. The number of hydrogen-bond acceptors (Lipinski definition) is 6. The van der Waals surface area contributed by atoms with E-state index in [4.69, 9.17) is 4.74 Å². The molecule has 0 saturated heterocycles. The zero-order valence-corrected chi connectivity index (χ0v) is 15.6. The maximum absolute atomic E-state index is 12.4. The van der Waals surface area contributed by atoms with E-state index in [-0.39, 0.29) is 17.3 Å². The summed E-state index contributed by atoms with van der Waals surface area (Å²) in [6, 6.07) is 8.15. The molecule has 0 saturated carbocycles. The lowest BCUT2D eigenvalue weighted by Gasteiger charge is -2.06. The van der Waals surface area contributed by atoms with Gasteiger partial charge in [0, 0.05) is 30.1 Å². The highest BCUT2D eigenvalue weighted by Gasteiger charge is 2.20. The number of aromatic nitrogens is 3. The maximum Gasteiger partial charge on any atom is 0.344 e. The van der Waals surface area contributed by atoms with Crippen LogP contribution < -0.4 is 5.32 Å². The fourth-order valence-corrected chi connectivity index (χ4v) is 2.71. The second-order valence-corrected chi connectivity index (χ2v) is 6.22. The summed E-state index contributed by atoms with van der Waals surface area (Å²) in [6.07, 6.45) is 4.43. The van der Waals surface area contributed by atoms with Crippen LogP contribution in [0.25, 0.3) is 5.65 Å². The smallest absolute Gasteiger partial charge is 0.344 e. The molecule has 8 nitrogen and oxygen atoms in total. The fraction of sp³-hybridized carbons (Fsp3) is 0.250. The molecule has 0 aliphatic heterocycles. The van der Waals surface area contributed by atoms with Crippen molar-refractivity contribution in [2.24, 2.45) is 0 Å². The molecule has 0 atom stereocenters. The van der Waals surface area contributed by atoms with Crippen LogP contribution in [0.1, 0.15) is 46.2 Å². The second-order valence-electron chi connectivity index (χ2n) is 6.22. The minimum absolute atomic E-state index is 0.0760. The first kappa shape index (κ1) is 19.2. The van der Waals surface area contributed by atoms with E-state index in [2.05, 4.69) is 15.4 Å². The van der Waals surface area contributed by atoms with Gasteiger partial charge in [0.05, 0.1) is 5.69 Å². The first-order chi connectivity index (χ1) is 13.5. The third kappa shape index (κ3) is 4.22. The predicted octanol–water partition coefficient (Wildman–Crippen LogP) is 2.82. The van der Waals surface area contributed by atoms with Gasteiger partial charge in [0.2, 0.25) is 5.91 Å². The van der Waals surface area contributed by atoms with Crippen molar-refractivity contribution in [1.29, 1.82) is 0 Å². The number of amides is 1. The molecule has 0 spiro atoms. The van der Waals surface area contributed by atoms with Gasteiger partial charge in [0.1, 0.15) is 5.56 Å². The molecule has 3 aromatic rings. The summed E-state index contributed by atoms with van der Waals surface area (Å²) in [6.45, 7) is 3.20. The minimum Gasteiger partial charge on any atom is -0.454 e. The molecular formula is C20H20N4O4. The number of nitrogens with one attached hydrogen (secondary N) is 1. The minimum atomic E-state index is -0.650. The molecule has 3 rings (SSSR count). The molecule has 144 valence electrons. The van der Waals surface area contributed by atoms with Crippen LogP contribution in [0.4, 0.5) is 5.69 Å². The summed E-state index contributed by atoms with van der Waals surface area (Å²) in [7, 11) is 0. The highest BCUT2D eigenvalue weighted by molar-refractivity contribution is 6.02. The van der Waals surface area contributed by atoms with Crippen molar-refractivity contribution in [3.05, 3.63) is 59.5 Å². The molecule has 0 fully saturated rings.